The van der Waals surface area contributed by atoms with E-state index in [4.69, 9.17) is 4.74 Å². The SMILES string of the molecule is CC(C(=O)NCC1CCCO1)N(Cc1ccccc1)C(=O)CCc1ccc(S(=O)(=O)N2CCCC2)cc1. The van der Waals surface area contributed by atoms with E-state index in [1.54, 1.807) is 36.1 Å². The minimum Gasteiger partial charge on any atom is -0.376 e. The van der Waals surface area contributed by atoms with Crippen molar-refractivity contribution in [1.29, 1.82) is 0 Å². The van der Waals surface area contributed by atoms with E-state index in [9.17, 15) is 18.0 Å². The molecule has 2 aliphatic heterocycles. The molecule has 2 atom stereocenters. The minimum atomic E-state index is -3.46. The van der Waals surface area contributed by atoms with Crippen LogP contribution in [0.3, 0.4) is 0 Å². The average Bonchev–Trinajstić information content (AvgIpc) is 3.65. The molecule has 200 valence electrons. The number of carbonyl (C=O) groups is 2. The van der Waals surface area contributed by atoms with Crippen LogP contribution in [0.15, 0.2) is 59.5 Å². The van der Waals surface area contributed by atoms with E-state index in [-0.39, 0.29) is 29.2 Å². The van der Waals surface area contributed by atoms with Crippen molar-refractivity contribution >= 4 is 21.8 Å². The van der Waals surface area contributed by atoms with Gasteiger partial charge in [0.25, 0.3) is 0 Å². The Morgan fingerprint density at radius 1 is 1.03 bits per heavy atom. The summed E-state index contributed by atoms with van der Waals surface area (Å²) in [5.74, 6) is -0.325. The van der Waals surface area contributed by atoms with Crippen molar-refractivity contribution in [2.24, 2.45) is 0 Å². The molecule has 2 aromatic rings. The third-order valence-electron chi connectivity index (χ3n) is 7.14. The van der Waals surface area contributed by atoms with Crippen LogP contribution < -0.4 is 5.32 Å². The molecule has 0 aliphatic carbocycles. The van der Waals surface area contributed by atoms with Crippen LogP contribution in [0.4, 0.5) is 0 Å². The fourth-order valence-electron chi connectivity index (χ4n) is 4.83. The molecule has 2 heterocycles. The number of benzene rings is 2. The van der Waals surface area contributed by atoms with Crippen molar-refractivity contribution in [3.05, 3.63) is 65.7 Å². The predicted octanol–water partition coefficient (Wildman–Crippen LogP) is 3.12. The molecule has 2 amide bonds. The number of carbonyl (C=O) groups excluding carboxylic acids is 2. The Morgan fingerprint density at radius 2 is 1.73 bits per heavy atom. The Bertz CT molecular complexity index is 1140. The number of ether oxygens (including phenoxy) is 1. The Kier molecular flexibility index (Phi) is 9.34. The van der Waals surface area contributed by atoms with Gasteiger partial charge in [-0.15, -0.1) is 0 Å². The van der Waals surface area contributed by atoms with E-state index in [0.29, 0.717) is 32.6 Å². The fourth-order valence-corrected chi connectivity index (χ4v) is 6.35. The lowest BCUT2D eigenvalue weighted by atomic mass is 10.1. The molecular formula is C28H37N3O5S. The molecule has 0 spiro atoms. The van der Waals surface area contributed by atoms with Gasteiger partial charge >= 0.3 is 0 Å². The zero-order chi connectivity index (χ0) is 26.3. The molecule has 37 heavy (non-hydrogen) atoms. The third kappa shape index (κ3) is 7.18. The zero-order valence-electron chi connectivity index (χ0n) is 21.5. The molecule has 1 N–H and O–H groups in total. The van der Waals surface area contributed by atoms with Crippen molar-refractivity contribution in [3.63, 3.8) is 0 Å². The minimum absolute atomic E-state index is 0.0340. The van der Waals surface area contributed by atoms with Crippen LogP contribution in [0, 0.1) is 0 Å². The lowest BCUT2D eigenvalue weighted by Gasteiger charge is -2.29. The number of rotatable bonds is 11. The summed E-state index contributed by atoms with van der Waals surface area (Å²) in [5.41, 5.74) is 1.83. The van der Waals surface area contributed by atoms with Crippen LogP contribution in [-0.4, -0.2) is 67.8 Å². The van der Waals surface area contributed by atoms with Gasteiger partial charge in [0, 0.05) is 39.2 Å². The summed E-state index contributed by atoms with van der Waals surface area (Å²) in [6.45, 7) is 4.39. The topological polar surface area (TPSA) is 96.0 Å². The Balaban J connectivity index is 1.38. The molecule has 0 bridgehead atoms. The maximum atomic E-state index is 13.3. The van der Waals surface area contributed by atoms with Crippen molar-refractivity contribution in [1.82, 2.24) is 14.5 Å². The molecule has 2 fully saturated rings. The van der Waals surface area contributed by atoms with Crippen molar-refractivity contribution in [3.8, 4) is 0 Å². The third-order valence-corrected chi connectivity index (χ3v) is 9.06. The van der Waals surface area contributed by atoms with Crippen LogP contribution >= 0.6 is 0 Å². The van der Waals surface area contributed by atoms with Gasteiger partial charge in [-0.1, -0.05) is 42.5 Å². The highest BCUT2D eigenvalue weighted by atomic mass is 32.2. The molecule has 0 aromatic heterocycles. The number of sulfonamides is 1. The van der Waals surface area contributed by atoms with E-state index in [1.807, 2.05) is 30.3 Å². The standard InChI is InChI=1S/C28H37N3O5S/c1-22(28(33)29-20-25-10-7-19-36-25)31(21-24-8-3-2-4-9-24)27(32)16-13-23-11-14-26(15-12-23)37(34,35)30-17-5-6-18-30/h2-4,8-9,11-12,14-15,22,25H,5-7,10,13,16-21H2,1H3,(H,29,33). The average molecular weight is 528 g/mol. The highest BCUT2D eigenvalue weighted by Gasteiger charge is 2.28. The van der Waals surface area contributed by atoms with Crippen molar-refractivity contribution in [2.75, 3.05) is 26.2 Å². The number of nitrogens with one attached hydrogen (secondary N) is 1. The van der Waals surface area contributed by atoms with E-state index in [1.165, 1.54) is 4.31 Å². The second kappa shape index (κ2) is 12.7. The van der Waals surface area contributed by atoms with Crippen molar-refractivity contribution < 1.29 is 22.7 Å². The summed E-state index contributed by atoms with van der Waals surface area (Å²) < 4.78 is 32.7. The number of aryl methyl sites for hydroxylation is 1. The molecular weight excluding hydrogens is 490 g/mol. The molecule has 0 radical (unpaired) electrons. The first-order valence-corrected chi connectivity index (χ1v) is 14.6. The number of hydrogen-bond acceptors (Lipinski definition) is 5. The monoisotopic (exact) mass is 527 g/mol. The zero-order valence-corrected chi connectivity index (χ0v) is 22.3. The van der Waals surface area contributed by atoms with Crippen LogP contribution in [0.5, 0.6) is 0 Å². The van der Waals surface area contributed by atoms with Gasteiger partial charge in [-0.2, -0.15) is 4.31 Å². The molecule has 2 unspecified atom stereocenters. The first-order chi connectivity index (χ1) is 17.8. The van der Waals surface area contributed by atoms with E-state index in [2.05, 4.69) is 5.32 Å². The van der Waals surface area contributed by atoms with Crippen LogP contribution in [-0.2, 0) is 37.3 Å². The maximum absolute atomic E-state index is 13.3. The largest absolute Gasteiger partial charge is 0.376 e. The summed E-state index contributed by atoms with van der Waals surface area (Å²) in [6, 6.07) is 15.8. The molecule has 8 nitrogen and oxygen atoms in total. The molecule has 9 heteroatoms. The van der Waals surface area contributed by atoms with Gasteiger partial charge in [-0.25, -0.2) is 8.42 Å². The van der Waals surface area contributed by atoms with Crippen molar-refractivity contribution in [2.45, 2.75) is 69.0 Å². The molecule has 2 saturated heterocycles. The first kappa shape index (κ1) is 27.3. The second-order valence-corrected chi connectivity index (χ2v) is 11.8. The molecule has 4 rings (SSSR count). The van der Waals surface area contributed by atoms with Crippen LogP contribution in [0.2, 0.25) is 0 Å². The summed E-state index contributed by atoms with van der Waals surface area (Å²) in [6.07, 6.45) is 4.42. The Hall–Kier alpha value is -2.75. The van der Waals surface area contributed by atoms with Gasteiger partial charge in [0.1, 0.15) is 6.04 Å². The van der Waals surface area contributed by atoms with Gasteiger partial charge in [0.2, 0.25) is 21.8 Å². The summed E-state index contributed by atoms with van der Waals surface area (Å²) >= 11 is 0. The van der Waals surface area contributed by atoms with E-state index >= 15 is 0 Å². The Labute approximate surface area is 220 Å². The Morgan fingerprint density at radius 3 is 2.38 bits per heavy atom. The highest BCUT2D eigenvalue weighted by molar-refractivity contribution is 7.89. The summed E-state index contributed by atoms with van der Waals surface area (Å²) in [7, 11) is -3.46. The molecule has 0 saturated carbocycles. The van der Waals surface area contributed by atoms with E-state index < -0.39 is 16.1 Å². The smallest absolute Gasteiger partial charge is 0.243 e. The van der Waals surface area contributed by atoms with Crippen LogP contribution in [0.25, 0.3) is 0 Å². The predicted molar refractivity (Wildman–Crippen MR) is 141 cm³/mol. The molecule has 2 aliphatic rings. The second-order valence-electron chi connectivity index (χ2n) is 9.82. The first-order valence-electron chi connectivity index (χ1n) is 13.2. The van der Waals surface area contributed by atoms with Gasteiger partial charge < -0.3 is 15.0 Å². The van der Waals surface area contributed by atoms with Gasteiger partial charge in [0.15, 0.2) is 0 Å². The highest BCUT2D eigenvalue weighted by Crippen LogP contribution is 2.22. The van der Waals surface area contributed by atoms with Gasteiger partial charge in [-0.3, -0.25) is 9.59 Å². The lowest BCUT2D eigenvalue weighted by molar-refractivity contribution is -0.140. The summed E-state index contributed by atoms with van der Waals surface area (Å²) in [5, 5.41) is 2.94. The van der Waals surface area contributed by atoms with E-state index in [0.717, 1.165) is 43.4 Å². The quantitative estimate of drug-likeness (QED) is 0.485. The number of hydrogen-bond donors (Lipinski definition) is 1. The van der Waals surface area contributed by atoms with Gasteiger partial charge in [-0.05, 0) is 62.3 Å². The van der Waals surface area contributed by atoms with Crippen LogP contribution in [0.1, 0.15) is 50.2 Å². The molecule has 2 aromatic carbocycles. The fraction of sp³-hybridized carbons (Fsp3) is 0.500. The number of amides is 2. The maximum Gasteiger partial charge on any atom is 0.243 e. The number of nitrogens with zero attached hydrogens (tertiary/aromatic N) is 2. The normalized spacial score (nSPS) is 19.0. The lowest BCUT2D eigenvalue weighted by Crippen LogP contribution is -2.49. The van der Waals surface area contributed by atoms with Gasteiger partial charge in [0.05, 0.1) is 11.0 Å². The summed E-state index contributed by atoms with van der Waals surface area (Å²) in [4.78, 5) is 28.2.